The van der Waals surface area contributed by atoms with E-state index in [0.29, 0.717) is 21.0 Å². The van der Waals surface area contributed by atoms with Crippen LogP contribution < -0.4 is 9.44 Å². The van der Waals surface area contributed by atoms with Gasteiger partial charge in [0.05, 0.1) is 31.0 Å². The van der Waals surface area contributed by atoms with Crippen LogP contribution in [0.15, 0.2) is 84.9 Å². The third-order valence-electron chi connectivity index (χ3n) is 7.15. The van der Waals surface area contributed by atoms with Crippen LogP contribution in [0, 0.1) is 11.6 Å². The van der Waals surface area contributed by atoms with Crippen LogP contribution in [0.5, 0.6) is 0 Å². The van der Waals surface area contributed by atoms with E-state index in [1.54, 1.807) is 19.9 Å². The number of allylic oxidation sites excluding steroid dienone is 1. The first-order valence-electron chi connectivity index (χ1n) is 14.4. The van der Waals surface area contributed by atoms with Gasteiger partial charge in [0.25, 0.3) is 5.91 Å². The number of carbonyl (C=O) groups excluding carboxylic acids is 3. The minimum Gasteiger partial charge on any atom is -0.469 e. The summed E-state index contributed by atoms with van der Waals surface area (Å²) in [6, 6.07) is 17.4. The lowest BCUT2D eigenvalue weighted by Crippen LogP contribution is -2.42. The molecule has 13 heteroatoms. The van der Waals surface area contributed by atoms with E-state index in [-0.39, 0.29) is 22.6 Å². The second-order valence-electron chi connectivity index (χ2n) is 10.8. The zero-order valence-corrected chi connectivity index (χ0v) is 26.6. The van der Waals surface area contributed by atoms with Crippen LogP contribution in [0.3, 0.4) is 0 Å². The molecule has 1 amide bonds. The maximum atomic E-state index is 14.6. The van der Waals surface area contributed by atoms with Gasteiger partial charge in [-0.1, -0.05) is 42.5 Å². The molecule has 0 aliphatic carbocycles. The number of aromatic nitrogens is 1. The molecule has 0 aliphatic rings. The van der Waals surface area contributed by atoms with Crippen molar-refractivity contribution in [3.63, 3.8) is 0 Å². The molecule has 1 aromatic heterocycles. The van der Waals surface area contributed by atoms with Crippen LogP contribution in [-0.4, -0.2) is 49.0 Å². The Bertz CT molecular complexity index is 1910. The quantitative estimate of drug-likeness (QED) is 0.151. The first-order valence-corrected chi connectivity index (χ1v) is 15.9. The average molecular weight is 666 g/mol. The van der Waals surface area contributed by atoms with Gasteiger partial charge < -0.3 is 14.4 Å². The number of nitrogens with zero attached hydrogens (tertiary/aromatic N) is 2. The van der Waals surface area contributed by atoms with Gasteiger partial charge in [0, 0.05) is 23.6 Å². The van der Waals surface area contributed by atoms with Crippen molar-refractivity contribution in [3.05, 3.63) is 108 Å². The summed E-state index contributed by atoms with van der Waals surface area (Å²) >= 11 is 0. The monoisotopic (exact) mass is 665 g/mol. The minimum atomic E-state index is -4.72. The van der Waals surface area contributed by atoms with Crippen molar-refractivity contribution in [1.29, 1.82) is 0 Å². The molecule has 47 heavy (non-hydrogen) atoms. The van der Waals surface area contributed by atoms with Crippen LogP contribution >= 0.6 is 0 Å². The molecule has 3 aromatic carbocycles. The smallest absolute Gasteiger partial charge is 0.308 e. The molecule has 0 bridgehead atoms. The Morgan fingerprint density at radius 2 is 1.43 bits per heavy atom. The van der Waals surface area contributed by atoms with Gasteiger partial charge in [0.2, 0.25) is 0 Å². The van der Waals surface area contributed by atoms with Crippen molar-refractivity contribution in [1.82, 2.24) is 4.57 Å². The zero-order valence-electron chi connectivity index (χ0n) is 25.8. The fraction of sp³-hybridized carbons (Fsp3) is 0.206. The lowest BCUT2D eigenvalue weighted by molar-refractivity contribution is -0.143. The molecule has 1 atom stereocenters. The molecule has 0 aliphatic heterocycles. The largest absolute Gasteiger partial charge is 0.469 e. The van der Waals surface area contributed by atoms with Crippen LogP contribution in [-0.2, 0) is 24.5 Å². The highest BCUT2D eigenvalue weighted by Gasteiger charge is 2.36. The van der Waals surface area contributed by atoms with E-state index < -0.39 is 64.5 Å². The van der Waals surface area contributed by atoms with E-state index in [4.69, 9.17) is 5.14 Å². The molecule has 0 fully saturated rings. The Morgan fingerprint density at radius 3 is 1.91 bits per heavy atom. The van der Waals surface area contributed by atoms with E-state index in [9.17, 15) is 36.7 Å². The summed E-state index contributed by atoms with van der Waals surface area (Å²) in [4.78, 5) is 39.1. The predicted molar refractivity (Wildman–Crippen MR) is 173 cm³/mol. The number of hydrogen-bond acceptors (Lipinski definition) is 7. The van der Waals surface area contributed by atoms with E-state index in [1.165, 1.54) is 83.4 Å². The standard InChI is InChI=1S/C34H33F2N3O7S/c1-21(2)38-29(18-17-27(40)19-28(41)20-30(42)46-3)31(22-9-13-24(35)14-10-22)32(23-11-15-25(36)16-12-23)33(38)34(43)39(47(37,44)45)26-7-5-4-6-8-26/h4-18,21,28,41H,19-20H2,1-3H3,(H2,37,44,45). The van der Waals surface area contributed by atoms with Gasteiger partial charge in [-0.05, 0) is 73.5 Å². The lowest BCUT2D eigenvalue weighted by atomic mass is 9.94. The van der Waals surface area contributed by atoms with Crippen LogP contribution in [0.1, 0.15) is 48.9 Å². The average Bonchev–Trinajstić information content (AvgIpc) is 3.36. The predicted octanol–water partition coefficient (Wildman–Crippen LogP) is 5.43. The van der Waals surface area contributed by atoms with Crippen LogP contribution in [0.2, 0.25) is 0 Å². The third-order valence-corrected chi connectivity index (χ3v) is 8.04. The number of aliphatic hydroxyl groups is 1. The molecular weight excluding hydrogens is 632 g/mol. The molecule has 1 unspecified atom stereocenters. The first kappa shape index (κ1) is 34.9. The summed E-state index contributed by atoms with van der Waals surface area (Å²) in [6.45, 7) is 3.45. The second kappa shape index (κ2) is 14.6. The number of methoxy groups -OCH3 is 1. The number of anilines is 1. The number of para-hydroxylation sites is 1. The highest BCUT2D eigenvalue weighted by atomic mass is 32.2. The Balaban J connectivity index is 2.07. The summed E-state index contributed by atoms with van der Waals surface area (Å²) < 4.78 is 60.8. The Kier molecular flexibility index (Phi) is 10.9. The summed E-state index contributed by atoms with van der Waals surface area (Å²) in [6.07, 6.45) is 0.381. The number of rotatable bonds is 12. The van der Waals surface area contributed by atoms with E-state index in [2.05, 4.69) is 4.74 Å². The van der Waals surface area contributed by atoms with Gasteiger partial charge in [-0.25, -0.2) is 13.9 Å². The van der Waals surface area contributed by atoms with Crippen molar-refractivity contribution in [2.24, 2.45) is 5.14 Å². The molecule has 0 radical (unpaired) electrons. The fourth-order valence-corrected chi connectivity index (χ4v) is 5.92. The Hall–Kier alpha value is -4.98. The minimum absolute atomic E-state index is 0.0447. The summed E-state index contributed by atoms with van der Waals surface area (Å²) in [5.41, 5.74) is 1.20. The molecule has 4 aromatic rings. The molecule has 3 N–H and O–H groups in total. The third kappa shape index (κ3) is 8.06. The molecule has 0 saturated heterocycles. The zero-order chi connectivity index (χ0) is 34.5. The lowest BCUT2D eigenvalue weighted by Gasteiger charge is -2.23. The highest BCUT2D eigenvalue weighted by Crippen LogP contribution is 2.43. The number of benzene rings is 3. The summed E-state index contributed by atoms with van der Waals surface area (Å²) in [7, 11) is -3.56. The van der Waals surface area contributed by atoms with Gasteiger partial charge in [-0.15, -0.1) is 0 Å². The van der Waals surface area contributed by atoms with Crippen LogP contribution in [0.25, 0.3) is 28.3 Å². The maximum Gasteiger partial charge on any atom is 0.308 e. The van der Waals surface area contributed by atoms with Gasteiger partial charge in [-0.2, -0.15) is 12.7 Å². The maximum absolute atomic E-state index is 14.6. The van der Waals surface area contributed by atoms with Crippen molar-refractivity contribution < 1.29 is 41.4 Å². The number of hydrogen-bond donors (Lipinski definition) is 2. The topological polar surface area (TPSA) is 149 Å². The summed E-state index contributed by atoms with van der Waals surface area (Å²) in [5, 5.41) is 15.8. The van der Waals surface area contributed by atoms with Gasteiger partial charge in [0.15, 0.2) is 5.78 Å². The molecule has 4 rings (SSSR count). The number of esters is 1. The van der Waals surface area contributed by atoms with Gasteiger partial charge in [-0.3, -0.25) is 14.4 Å². The van der Waals surface area contributed by atoms with Crippen molar-refractivity contribution in [3.8, 4) is 22.3 Å². The second-order valence-corrected chi connectivity index (χ2v) is 12.2. The fourth-order valence-electron chi connectivity index (χ4n) is 5.18. The molecule has 0 spiro atoms. The van der Waals surface area contributed by atoms with Crippen molar-refractivity contribution in [2.45, 2.75) is 38.8 Å². The van der Waals surface area contributed by atoms with Crippen molar-refractivity contribution in [2.75, 3.05) is 11.4 Å². The SMILES string of the molecule is COC(=O)CC(O)CC(=O)C=Cc1c(-c2ccc(F)cc2)c(-c2ccc(F)cc2)c(C(=O)N(c2ccccc2)S(N)(=O)=O)n1C(C)C. The number of aliphatic hydroxyl groups excluding tert-OH is 1. The van der Waals surface area contributed by atoms with Crippen LogP contribution in [0.4, 0.5) is 14.5 Å². The first-order chi connectivity index (χ1) is 22.2. The summed E-state index contributed by atoms with van der Waals surface area (Å²) in [5.74, 6) is -3.44. The van der Waals surface area contributed by atoms with E-state index in [1.807, 2.05) is 0 Å². The number of amides is 1. The molecule has 1 heterocycles. The number of nitrogens with two attached hydrogens (primary N) is 1. The number of ether oxygens (including phenoxy) is 1. The normalized spacial score (nSPS) is 12.3. The van der Waals surface area contributed by atoms with Gasteiger partial charge in [0.1, 0.15) is 17.3 Å². The Labute approximate surface area is 270 Å². The number of halogens is 2. The Morgan fingerprint density at radius 1 is 0.894 bits per heavy atom. The number of ketones is 1. The molecular formula is C34H33F2N3O7S. The van der Waals surface area contributed by atoms with Crippen molar-refractivity contribution >= 4 is 39.6 Å². The highest BCUT2D eigenvalue weighted by molar-refractivity contribution is 7.91. The van der Waals surface area contributed by atoms with Gasteiger partial charge >= 0.3 is 16.2 Å². The molecule has 246 valence electrons. The van der Waals surface area contributed by atoms with E-state index in [0.717, 1.165) is 13.2 Å². The number of carbonyl (C=O) groups is 3. The molecule has 10 nitrogen and oxygen atoms in total. The van der Waals surface area contributed by atoms with E-state index >= 15 is 0 Å². The molecule has 0 saturated carbocycles.